The van der Waals surface area contributed by atoms with E-state index in [1.54, 1.807) is 0 Å². The monoisotopic (exact) mass is 228 g/mol. The highest BCUT2D eigenvalue weighted by atomic mass is 31.3. The summed E-state index contributed by atoms with van der Waals surface area (Å²) in [7, 11) is -11.4. The summed E-state index contributed by atoms with van der Waals surface area (Å²) in [5, 5.41) is 0. The van der Waals surface area contributed by atoms with Gasteiger partial charge in [0.1, 0.15) is 0 Å². The zero-order chi connectivity index (χ0) is 7.71. The fourth-order valence-corrected chi connectivity index (χ4v) is 1.10. The summed E-state index contributed by atoms with van der Waals surface area (Å²) in [6, 6.07) is 0. The molecule has 0 fully saturated rings. The molecule has 0 unspecified atom stereocenters. The smallest absolute Gasteiger partial charge is 0.0655 e. The first-order valence-corrected chi connectivity index (χ1v) is 4.38. The Labute approximate surface area is 66.2 Å². The molecule has 0 aliphatic heterocycles. The van der Waals surface area contributed by atoms with Crippen molar-refractivity contribution in [1.82, 2.24) is 0 Å². The minimum atomic E-state index is -5.68. The molecular weight excluding hydrogens is 222 g/mol. The molecule has 0 heterocycles. The van der Waals surface area contributed by atoms with Crippen LogP contribution in [0.15, 0.2) is 0 Å². The van der Waals surface area contributed by atoms with Crippen LogP contribution < -0.4 is 19.6 Å². The third-order valence-corrected chi connectivity index (χ3v) is 1.80. The lowest BCUT2D eigenvalue weighted by atomic mass is 15.7. The minimum Gasteiger partial charge on any atom is -0.790 e. The van der Waals surface area contributed by atoms with Gasteiger partial charge >= 0.3 is 0 Å². The van der Waals surface area contributed by atoms with Crippen LogP contribution in [0.4, 0.5) is 0 Å². The highest BCUT2D eigenvalue weighted by Gasteiger charge is 1.92. The molecule has 10 nitrogen and oxygen atoms in total. The van der Waals surface area contributed by atoms with Gasteiger partial charge in [0.05, 0.1) is 15.6 Å². The van der Waals surface area contributed by atoms with Gasteiger partial charge in [-0.25, -0.2) is 0 Å². The Kier molecular flexibility index (Phi) is 12.6. The first-order valence-electron chi connectivity index (χ1n) is 1.46. The molecule has 0 amide bonds. The minimum absolute atomic E-state index is 0. The molecule has 6 N–H and O–H groups in total. The second kappa shape index (κ2) is 6.63. The number of hydrogen-bond donors (Lipinski definition) is 0. The van der Waals surface area contributed by atoms with E-state index in [0.717, 1.165) is 0 Å². The fraction of sp³-hybridized carbons (Fsp3) is 0. The topological polar surface area (TPSA) is 230 Å². The second-order valence-corrected chi connectivity index (χ2v) is 3.42. The molecule has 0 aliphatic carbocycles. The first kappa shape index (κ1) is 22.7. The van der Waals surface area contributed by atoms with E-state index in [-0.39, 0.29) is 16.4 Å². The Hall–Kier alpha value is 0.140. The van der Waals surface area contributed by atoms with Crippen molar-refractivity contribution < 1.29 is 49.4 Å². The molecule has 0 spiro atoms. The van der Waals surface area contributed by atoms with E-state index < -0.39 is 15.6 Å². The lowest BCUT2D eigenvalue weighted by Crippen LogP contribution is -2.23. The molecule has 0 rings (SSSR count). The van der Waals surface area contributed by atoms with Crippen LogP contribution in [0.3, 0.4) is 0 Å². The van der Waals surface area contributed by atoms with Gasteiger partial charge in [0.25, 0.3) is 0 Å². The molecule has 0 aromatic carbocycles. The molecule has 0 aromatic rings. The Bertz CT molecular complexity index is 148. The van der Waals surface area contributed by atoms with E-state index in [0.29, 0.717) is 0 Å². The van der Waals surface area contributed by atoms with Crippen LogP contribution in [0.5, 0.6) is 0 Å². The lowest BCUT2D eigenvalue weighted by molar-refractivity contribution is -0.364. The summed E-state index contributed by atoms with van der Waals surface area (Å²) in [4.78, 5) is 37.3. The van der Waals surface area contributed by atoms with E-state index in [4.69, 9.17) is 0 Å². The highest BCUT2D eigenvalue weighted by Crippen LogP contribution is 2.42. The third-order valence-electron chi connectivity index (χ3n) is 0.200. The van der Waals surface area contributed by atoms with Crippen molar-refractivity contribution in [3.05, 3.63) is 0 Å². The lowest BCUT2D eigenvalue weighted by Gasteiger charge is -2.39. The average molecular weight is 228 g/mol. The van der Waals surface area contributed by atoms with E-state index >= 15 is 0 Å². The van der Waals surface area contributed by atoms with Crippen molar-refractivity contribution in [2.45, 2.75) is 0 Å². The zero-order valence-electron chi connectivity index (χ0n) is 5.25. The summed E-state index contributed by atoms with van der Waals surface area (Å²) in [6.45, 7) is 0. The van der Waals surface area contributed by atoms with E-state index in [1.165, 1.54) is 0 Å². The quantitative estimate of drug-likeness (QED) is 0.414. The van der Waals surface area contributed by atoms with Gasteiger partial charge in [-0.2, -0.15) is 0 Å². The molecule has 0 aromatic heterocycles. The van der Waals surface area contributed by atoms with Crippen molar-refractivity contribution >= 4 is 15.6 Å². The SMILES string of the molecule is O.O.O.O=P([O-])([O-])OP(=O)([O-])[O-]. The molecule has 0 bridgehead atoms. The molecule has 12 heavy (non-hydrogen) atoms. The van der Waals surface area contributed by atoms with Gasteiger partial charge in [0, 0.05) is 0 Å². The summed E-state index contributed by atoms with van der Waals surface area (Å²) < 4.78 is 21.2. The van der Waals surface area contributed by atoms with Crippen molar-refractivity contribution in [1.29, 1.82) is 0 Å². The van der Waals surface area contributed by atoms with E-state index in [1.807, 2.05) is 0 Å². The molecule has 0 aliphatic rings. The highest BCUT2D eigenvalue weighted by molar-refractivity contribution is 7.57. The van der Waals surface area contributed by atoms with Gasteiger partial charge < -0.3 is 49.4 Å². The molecule has 0 saturated heterocycles. The molecule has 0 saturated carbocycles. The zero-order valence-corrected chi connectivity index (χ0v) is 7.04. The number of rotatable bonds is 2. The Morgan fingerprint density at radius 1 is 0.750 bits per heavy atom. The van der Waals surface area contributed by atoms with E-state index in [2.05, 4.69) is 4.31 Å². The summed E-state index contributed by atoms with van der Waals surface area (Å²) in [5.41, 5.74) is 0. The Balaban J connectivity index is -0.000000107. The first-order chi connectivity index (χ1) is 3.71. The molecular formula is H6O10P2-4. The number of phosphoric acid groups is 2. The standard InChI is InChI=1S/H4O7P2.3H2O/c1-8(2,3)7-9(4,5)6;;;/h(H2,1,2,3)(H2,4,5,6);3*1H2/p-4. The number of hydrogen-bond acceptors (Lipinski definition) is 7. The van der Waals surface area contributed by atoms with Gasteiger partial charge in [0.2, 0.25) is 0 Å². The molecule has 12 heteroatoms. The van der Waals surface area contributed by atoms with Crippen LogP contribution in [0, 0.1) is 0 Å². The van der Waals surface area contributed by atoms with Crippen molar-refractivity contribution in [3.8, 4) is 0 Å². The largest absolute Gasteiger partial charge is 0.790 e. The van der Waals surface area contributed by atoms with E-state index in [9.17, 15) is 28.7 Å². The normalized spacial score (nSPS) is 10.3. The van der Waals surface area contributed by atoms with Crippen LogP contribution in [0.2, 0.25) is 0 Å². The van der Waals surface area contributed by atoms with Gasteiger partial charge in [-0.05, 0) is 0 Å². The Morgan fingerprint density at radius 2 is 0.917 bits per heavy atom. The predicted molar refractivity (Wildman–Crippen MR) is 27.1 cm³/mol. The fourth-order valence-electron chi connectivity index (χ4n) is 0.122. The van der Waals surface area contributed by atoms with Crippen LogP contribution in [0.1, 0.15) is 0 Å². The maximum absolute atomic E-state index is 9.32. The molecule has 0 radical (unpaired) electrons. The van der Waals surface area contributed by atoms with Gasteiger partial charge in [0.15, 0.2) is 0 Å². The van der Waals surface area contributed by atoms with Crippen LogP contribution in [-0.2, 0) is 13.4 Å². The summed E-state index contributed by atoms with van der Waals surface area (Å²) >= 11 is 0. The third kappa shape index (κ3) is 22.5. The second-order valence-electron chi connectivity index (χ2n) is 0.976. The van der Waals surface area contributed by atoms with Crippen molar-refractivity contribution in [2.24, 2.45) is 0 Å². The van der Waals surface area contributed by atoms with Gasteiger partial charge in [-0.3, -0.25) is 0 Å². The summed E-state index contributed by atoms with van der Waals surface area (Å²) in [6.07, 6.45) is 0. The summed E-state index contributed by atoms with van der Waals surface area (Å²) in [5.74, 6) is 0. The van der Waals surface area contributed by atoms with Crippen molar-refractivity contribution in [3.63, 3.8) is 0 Å². The maximum atomic E-state index is 9.32. The average Bonchev–Trinajstić information content (AvgIpc) is 1.14. The van der Waals surface area contributed by atoms with Gasteiger partial charge in [-0.15, -0.1) is 0 Å². The predicted octanol–water partition coefficient (Wildman–Crippen LogP) is -5.81. The molecule has 0 atom stereocenters. The Morgan fingerprint density at radius 3 is 0.917 bits per heavy atom. The maximum Gasteiger partial charge on any atom is 0.0655 e. The van der Waals surface area contributed by atoms with Crippen LogP contribution >= 0.6 is 15.6 Å². The van der Waals surface area contributed by atoms with Crippen molar-refractivity contribution in [2.75, 3.05) is 0 Å². The van der Waals surface area contributed by atoms with Gasteiger partial charge in [-0.1, -0.05) is 0 Å². The van der Waals surface area contributed by atoms with Crippen LogP contribution in [0.25, 0.3) is 0 Å². The van der Waals surface area contributed by atoms with Crippen LogP contribution in [-0.4, -0.2) is 16.4 Å². The molecule has 80 valence electrons.